The summed E-state index contributed by atoms with van der Waals surface area (Å²) in [6, 6.07) is 2.44. The molecule has 1 atom stereocenters. The number of hydrogen-bond acceptors (Lipinski definition) is 3. The van der Waals surface area contributed by atoms with Gasteiger partial charge >= 0.3 is 0 Å². The molecule has 1 aromatic carbocycles. The van der Waals surface area contributed by atoms with Crippen LogP contribution in [0.2, 0.25) is 0 Å². The Morgan fingerprint density at radius 1 is 1.07 bits per heavy atom. The molecule has 0 N–H and O–H groups in total. The van der Waals surface area contributed by atoms with E-state index in [9.17, 15) is 8.78 Å². The third-order valence-electron chi connectivity index (χ3n) is 4.80. The molecular weight excluding hydrogens is 376 g/mol. The predicted octanol–water partition coefficient (Wildman–Crippen LogP) is 5.47. The number of allylic oxidation sites excluding steroid dienone is 2. The lowest BCUT2D eigenvalue weighted by atomic mass is 9.86. The van der Waals surface area contributed by atoms with Gasteiger partial charge in [-0.3, -0.25) is 0 Å². The maximum Gasteiger partial charge on any atom is 0.190 e. The average Bonchev–Trinajstić information content (AvgIpc) is 2.61. The Morgan fingerprint density at radius 3 is 2.29 bits per heavy atom. The van der Waals surface area contributed by atoms with E-state index in [4.69, 9.17) is 14.2 Å². The minimum atomic E-state index is -1.47. The van der Waals surface area contributed by atoms with Crippen LogP contribution in [0.4, 0.5) is 17.6 Å². The number of rotatable bonds is 6. The smallest absolute Gasteiger partial charge is 0.190 e. The number of ether oxygens (including phenoxy) is 3. The summed E-state index contributed by atoms with van der Waals surface area (Å²) < 4.78 is 74.3. The Kier molecular flexibility index (Phi) is 6.58. The van der Waals surface area contributed by atoms with Gasteiger partial charge in [0, 0.05) is 30.6 Å². The van der Waals surface area contributed by atoms with E-state index in [2.05, 4.69) is 0 Å². The molecule has 0 radical (unpaired) electrons. The van der Waals surface area contributed by atoms with Crippen LogP contribution in [0.25, 0.3) is 5.57 Å². The van der Waals surface area contributed by atoms with E-state index in [1.165, 1.54) is 0 Å². The Bertz CT molecular complexity index is 749. The number of hydrogen-bond donors (Lipinski definition) is 0. The first-order valence-corrected chi connectivity index (χ1v) is 9.45. The monoisotopic (exact) mass is 400 g/mol. The molecule has 154 valence electrons. The number of benzene rings is 1. The van der Waals surface area contributed by atoms with E-state index in [-0.39, 0.29) is 24.5 Å². The summed E-state index contributed by atoms with van der Waals surface area (Å²) in [6.07, 6.45) is 1.34. The van der Waals surface area contributed by atoms with E-state index >= 15 is 8.78 Å². The standard InChI is InChI=1S/C21H24F4O3/c1-3-4-5-28-21(20-26-11-13(2)12-27-20)9-17(24)19(18(25)10-21)14-6-15(22)8-16(23)7-14/h6-9,13,20H,3-5,10-12H2,1-2H3. The number of unbranched alkanes of at least 4 members (excludes halogenated alkanes) is 1. The van der Waals surface area contributed by atoms with Crippen LogP contribution in [0.1, 0.15) is 38.7 Å². The molecule has 1 aliphatic carbocycles. The zero-order valence-corrected chi connectivity index (χ0v) is 15.9. The van der Waals surface area contributed by atoms with Gasteiger partial charge < -0.3 is 14.2 Å². The van der Waals surface area contributed by atoms with Gasteiger partial charge in [-0.1, -0.05) is 20.3 Å². The largest absolute Gasteiger partial charge is 0.365 e. The summed E-state index contributed by atoms with van der Waals surface area (Å²) >= 11 is 0. The fraction of sp³-hybridized carbons (Fsp3) is 0.524. The molecule has 3 rings (SSSR count). The van der Waals surface area contributed by atoms with Crippen LogP contribution in [0, 0.1) is 17.6 Å². The molecule has 1 heterocycles. The van der Waals surface area contributed by atoms with Crippen molar-refractivity contribution in [1.29, 1.82) is 0 Å². The fourth-order valence-electron chi connectivity index (χ4n) is 3.39. The molecule has 2 aliphatic rings. The third-order valence-corrected chi connectivity index (χ3v) is 4.80. The molecule has 0 spiro atoms. The highest BCUT2D eigenvalue weighted by Crippen LogP contribution is 2.44. The highest BCUT2D eigenvalue weighted by atomic mass is 19.1. The summed E-state index contributed by atoms with van der Waals surface area (Å²) in [7, 11) is 0. The van der Waals surface area contributed by atoms with Gasteiger partial charge in [0.2, 0.25) is 0 Å². The van der Waals surface area contributed by atoms with Gasteiger partial charge in [0.05, 0.1) is 13.2 Å². The zero-order chi connectivity index (χ0) is 20.3. The summed E-state index contributed by atoms with van der Waals surface area (Å²) in [4.78, 5) is 0. The van der Waals surface area contributed by atoms with Crippen LogP contribution in [0.5, 0.6) is 0 Å². The molecule has 0 amide bonds. The van der Waals surface area contributed by atoms with Crippen molar-refractivity contribution in [2.75, 3.05) is 19.8 Å². The third kappa shape index (κ3) is 4.47. The van der Waals surface area contributed by atoms with Crippen LogP contribution >= 0.6 is 0 Å². The highest BCUT2D eigenvalue weighted by Gasteiger charge is 2.47. The first kappa shape index (κ1) is 21.0. The molecule has 7 heteroatoms. The second-order valence-electron chi connectivity index (χ2n) is 7.37. The normalized spacial score (nSPS) is 28.4. The highest BCUT2D eigenvalue weighted by molar-refractivity contribution is 5.80. The second kappa shape index (κ2) is 8.76. The average molecular weight is 400 g/mol. The first-order valence-electron chi connectivity index (χ1n) is 9.45. The SMILES string of the molecule is CCCCOC1(C2OCC(C)CO2)C=C(F)C(c2cc(F)cc(F)c2)=C(F)C1. The minimum Gasteiger partial charge on any atom is -0.365 e. The summed E-state index contributed by atoms with van der Waals surface area (Å²) in [6.45, 7) is 4.95. The van der Waals surface area contributed by atoms with Crippen LogP contribution in [-0.2, 0) is 14.2 Å². The van der Waals surface area contributed by atoms with Crippen LogP contribution < -0.4 is 0 Å². The molecular formula is C21H24F4O3. The van der Waals surface area contributed by atoms with Crippen LogP contribution in [0.15, 0.2) is 35.9 Å². The second-order valence-corrected chi connectivity index (χ2v) is 7.37. The van der Waals surface area contributed by atoms with Crippen molar-refractivity contribution in [3.05, 3.63) is 53.1 Å². The van der Waals surface area contributed by atoms with Gasteiger partial charge in [0.25, 0.3) is 0 Å². The van der Waals surface area contributed by atoms with Crippen LogP contribution in [-0.4, -0.2) is 31.7 Å². The van der Waals surface area contributed by atoms with E-state index in [0.717, 1.165) is 24.6 Å². The van der Waals surface area contributed by atoms with Gasteiger partial charge in [-0.05, 0) is 30.2 Å². The van der Waals surface area contributed by atoms with Gasteiger partial charge in [-0.25, -0.2) is 17.6 Å². The molecule has 0 saturated carbocycles. The lowest BCUT2D eigenvalue weighted by molar-refractivity contribution is -0.272. The van der Waals surface area contributed by atoms with Crippen molar-refractivity contribution in [3.8, 4) is 0 Å². The molecule has 1 aromatic rings. The maximum atomic E-state index is 15.0. The van der Waals surface area contributed by atoms with Crippen molar-refractivity contribution in [2.24, 2.45) is 5.92 Å². The van der Waals surface area contributed by atoms with Gasteiger partial charge in [-0.15, -0.1) is 0 Å². The van der Waals surface area contributed by atoms with Crippen molar-refractivity contribution in [2.45, 2.75) is 45.0 Å². The lowest BCUT2D eigenvalue weighted by Gasteiger charge is -2.42. The van der Waals surface area contributed by atoms with Crippen molar-refractivity contribution in [1.82, 2.24) is 0 Å². The van der Waals surface area contributed by atoms with E-state index in [1.54, 1.807) is 0 Å². The quantitative estimate of drug-likeness (QED) is 0.468. The summed E-state index contributed by atoms with van der Waals surface area (Å²) in [5, 5.41) is 0. The Labute approximate surface area is 162 Å². The van der Waals surface area contributed by atoms with Crippen molar-refractivity contribution >= 4 is 5.57 Å². The molecule has 0 bridgehead atoms. The molecule has 1 saturated heterocycles. The van der Waals surface area contributed by atoms with E-state index in [0.29, 0.717) is 25.7 Å². The van der Waals surface area contributed by atoms with Gasteiger partial charge in [0.15, 0.2) is 6.29 Å². The summed E-state index contributed by atoms with van der Waals surface area (Å²) in [5.41, 5.74) is -2.15. The fourth-order valence-corrected chi connectivity index (χ4v) is 3.39. The van der Waals surface area contributed by atoms with Crippen molar-refractivity contribution in [3.63, 3.8) is 0 Å². The van der Waals surface area contributed by atoms with Crippen LogP contribution in [0.3, 0.4) is 0 Å². The topological polar surface area (TPSA) is 27.7 Å². The van der Waals surface area contributed by atoms with E-state index in [1.807, 2.05) is 13.8 Å². The van der Waals surface area contributed by atoms with Crippen molar-refractivity contribution < 1.29 is 31.8 Å². The Balaban J connectivity index is 1.94. The Morgan fingerprint density at radius 2 is 1.71 bits per heavy atom. The maximum absolute atomic E-state index is 15.0. The molecule has 0 aromatic heterocycles. The number of halogens is 4. The van der Waals surface area contributed by atoms with Gasteiger partial charge in [0.1, 0.15) is 28.9 Å². The molecule has 3 nitrogen and oxygen atoms in total. The minimum absolute atomic E-state index is 0.160. The predicted molar refractivity (Wildman–Crippen MR) is 96.6 cm³/mol. The first-order chi connectivity index (χ1) is 13.3. The Hall–Kier alpha value is -1.70. The van der Waals surface area contributed by atoms with E-state index < -0.39 is 40.8 Å². The zero-order valence-electron chi connectivity index (χ0n) is 15.9. The molecule has 28 heavy (non-hydrogen) atoms. The molecule has 1 fully saturated rings. The molecule has 1 unspecified atom stereocenters. The molecule has 1 aliphatic heterocycles. The lowest BCUT2D eigenvalue weighted by Crippen LogP contribution is -2.51. The van der Waals surface area contributed by atoms with Gasteiger partial charge in [-0.2, -0.15) is 0 Å². The summed E-state index contributed by atoms with van der Waals surface area (Å²) in [5.74, 6) is -3.49.